The molecule has 0 unspecified atom stereocenters. The summed E-state index contributed by atoms with van der Waals surface area (Å²) >= 11 is 0. The largest absolute Gasteiger partial charge is 0.412 e. The highest BCUT2D eigenvalue weighted by Gasteiger charge is -0.343. The minimum Gasteiger partial charge on any atom is -0.412 e. The molecule has 0 radical (unpaired) electrons. The Morgan fingerprint density at radius 2 is 1.75 bits per heavy atom. The third-order valence-electron chi connectivity index (χ3n) is 0. The van der Waals surface area contributed by atoms with Crippen LogP contribution < -0.4 is 12.3 Å². The first-order chi connectivity index (χ1) is 6.29. The Labute approximate surface area is 39.3 Å². The SMILES string of the molecule is [2H]N([2H])[2H].[2H]N([2H])[2H].[2H]O[2H].[2H]O[2H]. The Balaban J connectivity index is -0.0000000482. The van der Waals surface area contributed by atoms with E-state index in [2.05, 4.69) is 11.0 Å². The Kier molecular flexibility index (Phi) is 30.0. The highest BCUT2D eigenvalue weighted by atomic mass is 16.0. The first-order valence-corrected chi connectivity index (χ1v) is 0. The normalized spacial score (nSPS) is 29.5. The topological polar surface area (TPSA) is 133 Å². The van der Waals surface area contributed by atoms with Gasteiger partial charge in [-0.1, -0.05) is 0 Å². The van der Waals surface area contributed by atoms with Gasteiger partial charge in [-0.2, -0.15) is 0 Å². The van der Waals surface area contributed by atoms with E-state index in [-0.39, 0.29) is 12.3 Å². The van der Waals surface area contributed by atoms with Crippen LogP contribution >= 0.6 is 0 Å². The smallest absolute Gasteiger partial charge is 0.206 e. The monoisotopic (exact) mass is 80.1 g/mol. The fraction of sp³-hybridized carbons (Fsp3) is 0. The average molecular weight is 80.2 g/mol. The van der Waals surface area contributed by atoms with Crippen LogP contribution in [-0.4, -0.2) is 16.7 Å². The average Bonchev–Trinajstić information content (AvgIpc) is 1.85. The van der Waals surface area contributed by atoms with Crippen molar-refractivity contribution in [2.24, 2.45) is 0 Å². The molecule has 0 aromatic rings. The van der Waals surface area contributed by atoms with Crippen LogP contribution in [0.4, 0.5) is 0 Å². The molecule has 0 aliphatic heterocycles. The molecular weight excluding hydrogens is 60.0 g/mol. The summed E-state index contributed by atoms with van der Waals surface area (Å²) in [4.78, 5) is 0. The third kappa shape index (κ3) is 50.7. The number of rotatable bonds is 0. The van der Waals surface area contributed by atoms with E-state index in [9.17, 15) is 0 Å². The molecule has 0 rings (SSSR count). The van der Waals surface area contributed by atoms with E-state index in [4.69, 9.17) is 14.2 Å². The molecule has 0 saturated heterocycles. The van der Waals surface area contributed by atoms with E-state index >= 15 is 0 Å². The minimum atomic E-state index is -0.250. The summed E-state index contributed by atoms with van der Waals surface area (Å²) in [5.74, 6) is 0. The van der Waals surface area contributed by atoms with Crippen LogP contribution in [-0.2, 0) is 0 Å². The first kappa shape index (κ1) is 0.320. The lowest BCUT2D eigenvalue weighted by atomic mass is 14.0. The van der Waals surface area contributed by atoms with Gasteiger partial charge in [0, 0.05) is 0 Å². The summed E-state index contributed by atoms with van der Waals surface area (Å²) < 4.78 is 56.0. The van der Waals surface area contributed by atoms with Crippen LogP contribution in [0, 0.1) is 0 Å². The van der Waals surface area contributed by atoms with Crippen LogP contribution in [0.3, 0.4) is 0 Å². The second-order valence-corrected chi connectivity index (χ2v) is 0. The van der Waals surface area contributed by atoms with Gasteiger partial charge in [-0.15, -0.1) is 0 Å². The van der Waals surface area contributed by atoms with Gasteiger partial charge >= 0.3 is 0 Å². The quantitative estimate of drug-likeness (QED) is 0.373. The molecule has 0 aliphatic carbocycles. The molecule has 0 saturated carbocycles. The summed E-state index contributed by atoms with van der Waals surface area (Å²) in [6, 6.07) is 0. The second-order valence-electron chi connectivity index (χ2n) is 0. The van der Waals surface area contributed by atoms with Gasteiger partial charge in [-0.05, 0) is 0 Å². The molecule has 32 valence electrons. The molecule has 0 bridgehead atoms. The zero-order valence-corrected chi connectivity index (χ0v) is 1.71. The van der Waals surface area contributed by atoms with Gasteiger partial charge in [-0.25, -0.2) is 0 Å². The van der Waals surface area contributed by atoms with Gasteiger partial charge in [0.15, 0.2) is 0 Å². The highest BCUT2D eigenvalue weighted by molar-refractivity contribution is 2.14. The van der Waals surface area contributed by atoms with Gasteiger partial charge in [0.1, 0.15) is 8.47 Å². The fourth-order valence-electron chi connectivity index (χ4n) is 0. The standard InChI is InChI=1S/2H3N.2H2O/h2*1H3;2*1H2/i/hD10. The van der Waals surface area contributed by atoms with Crippen LogP contribution in [0.2, 0.25) is 8.47 Å². The molecule has 0 amide bonds. The lowest BCUT2D eigenvalue weighted by Crippen LogP contribution is -0.482. The zero-order valence-electron chi connectivity index (χ0n) is 11.7. The van der Waals surface area contributed by atoms with Crippen molar-refractivity contribution in [2.75, 3.05) is 0 Å². The van der Waals surface area contributed by atoms with Crippen molar-refractivity contribution in [1.82, 2.24) is 12.3 Å². The van der Waals surface area contributed by atoms with Gasteiger partial charge in [-0.3, -0.25) is 0 Å². The van der Waals surface area contributed by atoms with Crippen LogP contribution in [0.25, 0.3) is 0 Å². The summed E-state index contributed by atoms with van der Waals surface area (Å²) in [5.41, 5.74) is 5.50. The molecule has 0 aromatic heterocycles. The Hall–Kier alpha value is -0.160. The summed E-state index contributed by atoms with van der Waals surface area (Å²) in [7, 11) is 0. The van der Waals surface area contributed by atoms with Crippen molar-refractivity contribution >= 4 is 0 Å². The molecule has 10 N–H and O–H groups in total. The molecule has 4 heavy (non-hydrogen) atoms. The van der Waals surface area contributed by atoms with Crippen molar-refractivity contribution in [3.8, 4) is 0 Å². The molecule has 4 nitrogen and oxygen atoms in total. The van der Waals surface area contributed by atoms with E-state index in [1.165, 1.54) is 0 Å². The van der Waals surface area contributed by atoms with Crippen molar-refractivity contribution < 1.29 is 19.4 Å². The van der Waals surface area contributed by atoms with Gasteiger partial charge < -0.3 is 23.2 Å². The van der Waals surface area contributed by atoms with Crippen molar-refractivity contribution in [3.63, 3.8) is 0 Å². The van der Waals surface area contributed by atoms with Gasteiger partial charge in [0.05, 0.1) is 0 Å². The van der Waals surface area contributed by atoms with E-state index in [1.54, 1.807) is 0 Å². The van der Waals surface area contributed by atoms with Gasteiger partial charge in [0.2, 0.25) is 5.72 Å². The molecule has 0 atom stereocenters. The van der Waals surface area contributed by atoms with E-state index < -0.39 is 0 Å². The second kappa shape index (κ2) is 376. The van der Waals surface area contributed by atoms with Crippen molar-refractivity contribution in [1.29, 1.82) is 5.72 Å². The Morgan fingerprint density at radius 3 is 1.75 bits per heavy atom. The van der Waals surface area contributed by atoms with Crippen LogP contribution in [0.1, 0.15) is 0 Å². The molecule has 0 spiro atoms. The first-order valence-electron chi connectivity index (χ1n) is 4.32. The zero-order chi connectivity index (χ0) is 12.6. The molecular formula is H10N2O2. The van der Waals surface area contributed by atoms with Gasteiger partial charge in [0.25, 0.3) is 0 Å². The molecule has 0 aromatic carbocycles. The van der Waals surface area contributed by atoms with Crippen LogP contribution in [0.5, 0.6) is 0 Å². The number of hydrogen-bond donors (Lipinski definition) is 2. The molecule has 4 heteroatoms. The van der Waals surface area contributed by atoms with Crippen LogP contribution in [0.15, 0.2) is 0 Å². The van der Waals surface area contributed by atoms with E-state index in [0.717, 1.165) is 0 Å². The maximum absolute atomic E-state index is 5.75. The molecule has 0 aliphatic rings. The third-order valence-corrected chi connectivity index (χ3v) is 0. The number of hydrogen-bond acceptors (Lipinski definition) is 2. The predicted octanol–water partition coefficient (Wildman–Crippen LogP) is -1.33. The maximum Gasteiger partial charge on any atom is 0.206 e. The minimum absolute atomic E-state index is 0.250. The lowest BCUT2D eigenvalue weighted by molar-refractivity contribution is 0.823. The predicted molar refractivity (Wildman–Crippen MR) is 17.3 cm³/mol. The maximum atomic E-state index is 5.75. The fourth-order valence-corrected chi connectivity index (χ4v) is 0. The highest BCUT2D eigenvalue weighted by Crippen LogP contribution is -0.288. The van der Waals surface area contributed by atoms with E-state index in [1.807, 2.05) is 0 Å². The van der Waals surface area contributed by atoms with E-state index in [0.29, 0.717) is 0 Å². The van der Waals surface area contributed by atoms with Crippen molar-refractivity contribution in [2.45, 2.75) is 0 Å². The molecule has 0 fully saturated rings. The summed E-state index contributed by atoms with van der Waals surface area (Å²) in [6.45, 7) is 0. The lowest BCUT2D eigenvalue weighted by Gasteiger charge is -0.413. The Morgan fingerprint density at radius 1 is 1.75 bits per heavy atom. The Bertz CT molecular complexity index is 46.6. The summed E-state index contributed by atoms with van der Waals surface area (Å²) in [6.07, 6.45) is -0.500. The molecule has 0 heterocycles. The van der Waals surface area contributed by atoms with Crippen molar-refractivity contribution in [3.05, 3.63) is 0 Å². The summed E-state index contributed by atoms with van der Waals surface area (Å²) in [5, 5.41) is 0.